The van der Waals surface area contributed by atoms with E-state index in [1.165, 1.54) is 0 Å². The van der Waals surface area contributed by atoms with Gasteiger partial charge in [-0.15, -0.1) is 0 Å². The zero-order valence-electron chi connectivity index (χ0n) is 12.9. The van der Waals surface area contributed by atoms with Crippen molar-refractivity contribution in [3.8, 4) is 5.75 Å². The molecule has 0 saturated heterocycles. The molecule has 0 fully saturated rings. The van der Waals surface area contributed by atoms with E-state index in [2.05, 4.69) is 11.8 Å². The van der Waals surface area contributed by atoms with Crippen LogP contribution in [0.1, 0.15) is 13.8 Å². The van der Waals surface area contributed by atoms with E-state index in [0.29, 0.717) is 25.5 Å². The van der Waals surface area contributed by atoms with Gasteiger partial charge in [-0.1, -0.05) is 0 Å². The maximum absolute atomic E-state index is 5.96. The SMILES string of the molecule is CCOc1cc(N)cc(N(CCOC)C(C)COC)c1. The second kappa shape index (κ2) is 8.66. The Kier molecular flexibility index (Phi) is 7.18. The molecule has 0 bridgehead atoms. The third-order valence-electron chi connectivity index (χ3n) is 3.03. The molecule has 1 atom stereocenters. The molecule has 0 heterocycles. The zero-order valence-corrected chi connectivity index (χ0v) is 12.9. The molecule has 1 aromatic rings. The van der Waals surface area contributed by atoms with E-state index in [1.54, 1.807) is 14.2 Å². The number of nitrogen functional groups attached to an aromatic ring is 1. The monoisotopic (exact) mass is 282 g/mol. The van der Waals surface area contributed by atoms with Crippen LogP contribution in [0.15, 0.2) is 18.2 Å². The summed E-state index contributed by atoms with van der Waals surface area (Å²) in [6, 6.07) is 6.01. The zero-order chi connectivity index (χ0) is 15.0. The van der Waals surface area contributed by atoms with Crippen LogP contribution in [-0.2, 0) is 9.47 Å². The van der Waals surface area contributed by atoms with Gasteiger partial charge in [0.15, 0.2) is 0 Å². The molecular weight excluding hydrogens is 256 g/mol. The highest BCUT2D eigenvalue weighted by atomic mass is 16.5. The van der Waals surface area contributed by atoms with Crippen molar-refractivity contribution in [1.82, 2.24) is 0 Å². The van der Waals surface area contributed by atoms with Gasteiger partial charge in [-0.05, 0) is 19.9 Å². The van der Waals surface area contributed by atoms with E-state index in [9.17, 15) is 0 Å². The molecule has 20 heavy (non-hydrogen) atoms. The number of nitrogens with two attached hydrogens (primary N) is 1. The fraction of sp³-hybridized carbons (Fsp3) is 0.600. The number of hydrogen-bond acceptors (Lipinski definition) is 5. The first-order valence-corrected chi connectivity index (χ1v) is 6.90. The molecule has 0 amide bonds. The highest BCUT2D eigenvalue weighted by Gasteiger charge is 2.15. The lowest BCUT2D eigenvalue weighted by Crippen LogP contribution is -2.38. The van der Waals surface area contributed by atoms with Gasteiger partial charge in [0, 0.05) is 50.3 Å². The first-order chi connectivity index (χ1) is 9.62. The van der Waals surface area contributed by atoms with Crippen molar-refractivity contribution in [2.45, 2.75) is 19.9 Å². The molecule has 1 aromatic carbocycles. The number of rotatable bonds is 9. The van der Waals surface area contributed by atoms with E-state index in [0.717, 1.165) is 18.0 Å². The normalized spacial score (nSPS) is 12.2. The second-order valence-corrected chi connectivity index (χ2v) is 4.68. The van der Waals surface area contributed by atoms with Crippen molar-refractivity contribution < 1.29 is 14.2 Å². The predicted molar refractivity (Wildman–Crippen MR) is 82.6 cm³/mol. The molecule has 1 unspecified atom stereocenters. The third-order valence-corrected chi connectivity index (χ3v) is 3.03. The topological polar surface area (TPSA) is 57.0 Å². The molecule has 0 saturated carbocycles. The summed E-state index contributed by atoms with van der Waals surface area (Å²) in [5.74, 6) is 0.787. The average Bonchev–Trinajstić information content (AvgIpc) is 2.39. The molecule has 5 nitrogen and oxygen atoms in total. The summed E-state index contributed by atoms with van der Waals surface area (Å²) in [4.78, 5) is 2.21. The van der Waals surface area contributed by atoms with Crippen LogP contribution < -0.4 is 15.4 Å². The van der Waals surface area contributed by atoms with Crippen molar-refractivity contribution in [3.05, 3.63) is 18.2 Å². The summed E-state index contributed by atoms with van der Waals surface area (Å²) in [7, 11) is 3.40. The van der Waals surface area contributed by atoms with Gasteiger partial charge in [0.05, 0.1) is 19.8 Å². The minimum absolute atomic E-state index is 0.228. The van der Waals surface area contributed by atoms with Gasteiger partial charge in [-0.25, -0.2) is 0 Å². The van der Waals surface area contributed by atoms with E-state index >= 15 is 0 Å². The molecule has 0 aliphatic rings. The molecule has 0 aliphatic carbocycles. The van der Waals surface area contributed by atoms with Gasteiger partial charge >= 0.3 is 0 Å². The molecule has 5 heteroatoms. The summed E-state index contributed by atoms with van der Waals surface area (Å²) in [6.45, 7) is 6.75. The van der Waals surface area contributed by atoms with E-state index in [1.807, 2.05) is 25.1 Å². The lowest BCUT2D eigenvalue weighted by molar-refractivity contribution is 0.171. The minimum atomic E-state index is 0.228. The Morgan fingerprint density at radius 3 is 2.55 bits per heavy atom. The summed E-state index contributed by atoms with van der Waals surface area (Å²) in [6.07, 6.45) is 0. The van der Waals surface area contributed by atoms with E-state index in [-0.39, 0.29) is 6.04 Å². The van der Waals surface area contributed by atoms with Crippen LogP contribution in [0.5, 0.6) is 5.75 Å². The van der Waals surface area contributed by atoms with Crippen LogP contribution in [0.3, 0.4) is 0 Å². The lowest BCUT2D eigenvalue weighted by Gasteiger charge is -2.31. The van der Waals surface area contributed by atoms with Gasteiger partial charge in [0.25, 0.3) is 0 Å². The third kappa shape index (κ3) is 4.90. The lowest BCUT2D eigenvalue weighted by atomic mass is 10.2. The van der Waals surface area contributed by atoms with Crippen LogP contribution >= 0.6 is 0 Å². The van der Waals surface area contributed by atoms with Gasteiger partial charge in [0.2, 0.25) is 0 Å². The van der Waals surface area contributed by atoms with Crippen LogP contribution in [-0.4, -0.2) is 46.6 Å². The number of hydrogen-bond donors (Lipinski definition) is 1. The Labute approximate surface area is 121 Å². The summed E-state index contributed by atoms with van der Waals surface area (Å²) >= 11 is 0. The fourth-order valence-electron chi connectivity index (χ4n) is 2.15. The van der Waals surface area contributed by atoms with E-state index in [4.69, 9.17) is 19.9 Å². The molecule has 1 rings (SSSR count). The summed E-state index contributed by atoms with van der Waals surface area (Å²) < 4.78 is 16.0. The maximum Gasteiger partial charge on any atom is 0.123 e. The highest BCUT2D eigenvalue weighted by Crippen LogP contribution is 2.27. The molecule has 0 spiro atoms. The van der Waals surface area contributed by atoms with E-state index < -0.39 is 0 Å². The Morgan fingerprint density at radius 2 is 1.95 bits per heavy atom. The molecule has 2 N–H and O–H groups in total. The number of benzene rings is 1. The van der Waals surface area contributed by atoms with Crippen molar-refractivity contribution in [1.29, 1.82) is 0 Å². The summed E-state index contributed by atoms with van der Waals surface area (Å²) in [5.41, 5.74) is 7.68. The van der Waals surface area contributed by atoms with Crippen molar-refractivity contribution >= 4 is 11.4 Å². The van der Waals surface area contributed by atoms with Gasteiger partial charge in [0.1, 0.15) is 5.75 Å². The molecular formula is C15H26N2O3. The first-order valence-electron chi connectivity index (χ1n) is 6.90. The van der Waals surface area contributed by atoms with Crippen molar-refractivity contribution in [2.75, 3.05) is 51.2 Å². The van der Waals surface area contributed by atoms with Crippen LogP contribution in [0, 0.1) is 0 Å². The van der Waals surface area contributed by atoms with Gasteiger partial charge < -0.3 is 24.8 Å². The standard InChI is InChI=1S/C15H26N2O3/c1-5-20-15-9-13(16)8-14(10-15)17(6-7-18-3)12(2)11-19-4/h8-10,12H,5-7,11,16H2,1-4H3. The van der Waals surface area contributed by atoms with Crippen LogP contribution in [0.25, 0.3) is 0 Å². The Balaban J connectivity index is 2.98. The minimum Gasteiger partial charge on any atom is -0.494 e. The largest absolute Gasteiger partial charge is 0.494 e. The maximum atomic E-state index is 5.96. The molecule has 0 aliphatic heterocycles. The smallest absolute Gasteiger partial charge is 0.123 e. The highest BCUT2D eigenvalue weighted by molar-refractivity contribution is 5.61. The van der Waals surface area contributed by atoms with Crippen molar-refractivity contribution in [3.63, 3.8) is 0 Å². The predicted octanol–water partition coefficient (Wildman–Crippen LogP) is 2.16. The van der Waals surface area contributed by atoms with Crippen LogP contribution in [0.2, 0.25) is 0 Å². The first kappa shape index (κ1) is 16.6. The number of anilines is 2. The van der Waals surface area contributed by atoms with Crippen LogP contribution in [0.4, 0.5) is 11.4 Å². The van der Waals surface area contributed by atoms with Gasteiger partial charge in [-0.3, -0.25) is 0 Å². The Morgan fingerprint density at radius 1 is 1.20 bits per heavy atom. The van der Waals surface area contributed by atoms with Gasteiger partial charge in [-0.2, -0.15) is 0 Å². The number of nitrogens with zero attached hydrogens (tertiary/aromatic N) is 1. The molecule has 0 radical (unpaired) electrons. The Bertz CT molecular complexity index is 399. The Hall–Kier alpha value is -1.46. The second-order valence-electron chi connectivity index (χ2n) is 4.68. The fourth-order valence-corrected chi connectivity index (χ4v) is 2.15. The average molecular weight is 282 g/mol. The number of methoxy groups -OCH3 is 2. The number of ether oxygens (including phenoxy) is 3. The van der Waals surface area contributed by atoms with Crippen molar-refractivity contribution in [2.24, 2.45) is 0 Å². The summed E-state index contributed by atoms with van der Waals surface area (Å²) in [5, 5.41) is 0. The molecule has 114 valence electrons. The quantitative estimate of drug-likeness (QED) is 0.703. The molecule has 0 aromatic heterocycles.